The SMILES string of the molecule is CCNCc1csc(S(=O)(=O)NC2(C)CCCCC2)c1. The van der Waals surface area contributed by atoms with E-state index in [0.29, 0.717) is 4.21 Å². The summed E-state index contributed by atoms with van der Waals surface area (Å²) in [6, 6.07) is 1.78. The predicted octanol–water partition coefficient (Wildman–Crippen LogP) is 2.86. The number of hydrogen-bond donors (Lipinski definition) is 2. The van der Waals surface area contributed by atoms with Crippen molar-refractivity contribution in [3.05, 3.63) is 17.0 Å². The highest BCUT2D eigenvalue weighted by atomic mass is 32.2. The first kappa shape index (κ1) is 15.9. The van der Waals surface area contributed by atoms with Gasteiger partial charge in [-0.1, -0.05) is 26.2 Å². The third-order valence-electron chi connectivity index (χ3n) is 3.81. The van der Waals surface area contributed by atoms with Gasteiger partial charge in [-0.15, -0.1) is 11.3 Å². The van der Waals surface area contributed by atoms with E-state index in [1.54, 1.807) is 6.07 Å². The monoisotopic (exact) mass is 316 g/mol. The topological polar surface area (TPSA) is 58.2 Å². The van der Waals surface area contributed by atoms with Crippen LogP contribution in [0.25, 0.3) is 0 Å². The van der Waals surface area contributed by atoms with Crippen molar-refractivity contribution >= 4 is 21.4 Å². The molecule has 1 aromatic heterocycles. The first-order valence-electron chi connectivity index (χ1n) is 7.27. The number of hydrogen-bond acceptors (Lipinski definition) is 4. The molecule has 6 heteroatoms. The van der Waals surface area contributed by atoms with Crippen molar-refractivity contribution < 1.29 is 8.42 Å². The van der Waals surface area contributed by atoms with Crippen LogP contribution >= 0.6 is 11.3 Å². The number of thiophene rings is 1. The number of sulfonamides is 1. The normalized spacial score (nSPS) is 19.1. The van der Waals surface area contributed by atoms with Gasteiger partial charge in [-0.2, -0.15) is 0 Å². The fourth-order valence-corrected chi connectivity index (χ4v) is 5.34. The minimum Gasteiger partial charge on any atom is -0.313 e. The van der Waals surface area contributed by atoms with Crippen molar-refractivity contribution in [3.63, 3.8) is 0 Å². The smallest absolute Gasteiger partial charge is 0.250 e. The van der Waals surface area contributed by atoms with Crippen LogP contribution in [-0.2, 0) is 16.6 Å². The maximum atomic E-state index is 12.5. The highest BCUT2D eigenvalue weighted by Gasteiger charge is 2.32. The Morgan fingerprint density at radius 1 is 1.30 bits per heavy atom. The Morgan fingerprint density at radius 3 is 2.65 bits per heavy atom. The molecule has 4 nitrogen and oxygen atoms in total. The second-order valence-electron chi connectivity index (χ2n) is 5.78. The Kier molecular flexibility index (Phi) is 5.23. The van der Waals surface area contributed by atoms with Gasteiger partial charge in [0, 0.05) is 12.1 Å². The van der Waals surface area contributed by atoms with Gasteiger partial charge in [0.1, 0.15) is 4.21 Å². The molecular formula is C14H24N2O2S2. The summed E-state index contributed by atoms with van der Waals surface area (Å²) in [5.74, 6) is 0. The first-order valence-corrected chi connectivity index (χ1v) is 9.64. The molecular weight excluding hydrogens is 292 g/mol. The van der Waals surface area contributed by atoms with E-state index < -0.39 is 10.0 Å². The van der Waals surface area contributed by atoms with Gasteiger partial charge in [0.2, 0.25) is 0 Å². The zero-order valence-corrected chi connectivity index (χ0v) is 13.9. The van der Waals surface area contributed by atoms with Gasteiger partial charge in [0.15, 0.2) is 0 Å². The minimum absolute atomic E-state index is 0.275. The van der Waals surface area contributed by atoms with Gasteiger partial charge >= 0.3 is 0 Å². The van der Waals surface area contributed by atoms with Crippen molar-refractivity contribution in [2.45, 2.75) is 62.2 Å². The zero-order chi connectivity index (χ0) is 14.6. The lowest BCUT2D eigenvalue weighted by atomic mass is 9.84. The average Bonchev–Trinajstić information content (AvgIpc) is 2.85. The lowest BCUT2D eigenvalue weighted by Gasteiger charge is -2.33. The zero-order valence-electron chi connectivity index (χ0n) is 12.2. The van der Waals surface area contributed by atoms with Crippen LogP contribution in [-0.4, -0.2) is 20.5 Å². The van der Waals surface area contributed by atoms with E-state index in [9.17, 15) is 8.42 Å². The maximum absolute atomic E-state index is 12.5. The van der Waals surface area contributed by atoms with Gasteiger partial charge in [-0.3, -0.25) is 0 Å². The molecule has 0 saturated heterocycles. The summed E-state index contributed by atoms with van der Waals surface area (Å²) in [4.78, 5) is 0. The molecule has 2 N–H and O–H groups in total. The molecule has 1 saturated carbocycles. The van der Waals surface area contributed by atoms with Crippen molar-refractivity contribution in [2.75, 3.05) is 6.54 Å². The highest BCUT2D eigenvalue weighted by Crippen LogP contribution is 2.30. The molecule has 0 atom stereocenters. The molecule has 20 heavy (non-hydrogen) atoms. The fourth-order valence-electron chi connectivity index (χ4n) is 2.66. The van der Waals surface area contributed by atoms with Crippen LogP contribution in [0.15, 0.2) is 15.7 Å². The van der Waals surface area contributed by atoms with Crippen LogP contribution in [0, 0.1) is 0 Å². The minimum atomic E-state index is -3.38. The second-order valence-corrected chi connectivity index (χ2v) is 8.60. The molecule has 2 rings (SSSR count). The summed E-state index contributed by atoms with van der Waals surface area (Å²) in [5.41, 5.74) is 0.758. The molecule has 1 aliphatic rings. The maximum Gasteiger partial charge on any atom is 0.250 e. The molecule has 0 aliphatic heterocycles. The molecule has 0 unspecified atom stereocenters. The lowest BCUT2D eigenvalue weighted by Crippen LogP contribution is -2.46. The van der Waals surface area contributed by atoms with Crippen LogP contribution in [0.3, 0.4) is 0 Å². The summed E-state index contributed by atoms with van der Waals surface area (Å²) in [6.07, 6.45) is 5.29. The summed E-state index contributed by atoms with van der Waals surface area (Å²) < 4.78 is 28.3. The summed E-state index contributed by atoms with van der Waals surface area (Å²) >= 11 is 1.30. The second kappa shape index (κ2) is 6.56. The molecule has 0 radical (unpaired) electrons. The van der Waals surface area contributed by atoms with Crippen molar-refractivity contribution in [2.24, 2.45) is 0 Å². The van der Waals surface area contributed by atoms with E-state index in [1.165, 1.54) is 17.8 Å². The third kappa shape index (κ3) is 4.04. The van der Waals surface area contributed by atoms with Crippen LogP contribution in [0.2, 0.25) is 0 Å². The summed E-state index contributed by atoms with van der Waals surface area (Å²) in [5, 5.41) is 5.13. The van der Waals surface area contributed by atoms with Gasteiger partial charge < -0.3 is 5.32 Å². The number of nitrogens with one attached hydrogen (secondary N) is 2. The largest absolute Gasteiger partial charge is 0.313 e. The van der Waals surface area contributed by atoms with Gasteiger partial charge in [0.05, 0.1) is 0 Å². The van der Waals surface area contributed by atoms with E-state index in [2.05, 4.69) is 10.0 Å². The summed E-state index contributed by atoms with van der Waals surface area (Å²) in [7, 11) is -3.38. The van der Waals surface area contributed by atoms with Gasteiger partial charge in [-0.25, -0.2) is 13.1 Å². The van der Waals surface area contributed by atoms with Crippen LogP contribution in [0.4, 0.5) is 0 Å². The Morgan fingerprint density at radius 2 is 2.00 bits per heavy atom. The van der Waals surface area contributed by atoms with Crippen LogP contribution in [0.1, 0.15) is 51.5 Å². The van der Waals surface area contributed by atoms with E-state index in [1.807, 2.05) is 19.2 Å². The molecule has 114 valence electrons. The summed E-state index contributed by atoms with van der Waals surface area (Å²) in [6.45, 7) is 5.67. The van der Waals surface area contributed by atoms with Gasteiger partial charge in [-0.05, 0) is 43.3 Å². The predicted molar refractivity (Wildman–Crippen MR) is 83.5 cm³/mol. The van der Waals surface area contributed by atoms with E-state index >= 15 is 0 Å². The van der Waals surface area contributed by atoms with Crippen molar-refractivity contribution in [1.29, 1.82) is 0 Å². The van der Waals surface area contributed by atoms with E-state index in [-0.39, 0.29) is 5.54 Å². The molecule has 0 spiro atoms. The Bertz CT molecular complexity index is 531. The highest BCUT2D eigenvalue weighted by molar-refractivity contribution is 7.91. The third-order valence-corrected chi connectivity index (χ3v) is 6.94. The standard InChI is InChI=1S/C14H24N2O2S2/c1-3-15-10-12-9-13(19-11-12)20(17,18)16-14(2)7-5-4-6-8-14/h9,11,15-16H,3-8,10H2,1-2H3. The Hall–Kier alpha value is -0.430. The van der Waals surface area contributed by atoms with Crippen molar-refractivity contribution in [3.8, 4) is 0 Å². The van der Waals surface area contributed by atoms with Gasteiger partial charge in [0.25, 0.3) is 10.0 Å². The van der Waals surface area contributed by atoms with Crippen molar-refractivity contribution in [1.82, 2.24) is 10.0 Å². The molecule has 0 bridgehead atoms. The molecule has 0 amide bonds. The van der Waals surface area contributed by atoms with Crippen LogP contribution < -0.4 is 10.0 Å². The van der Waals surface area contributed by atoms with E-state index in [4.69, 9.17) is 0 Å². The fraction of sp³-hybridized carbons (Fsp3) is 0.714. The molecule has 1 aliphatic carbocycles. The van der Waals surface area contributed by atoms with E-state index in [0.717, 1.165) is 44.3 Å². The molecule has 1 heterocycles. The molecule has 1 fully saturated rings. The molecule has 1 aromatic rings. The lowest BCUT2D eigenvalue weighted by molar-refractivity contribution is 0.294. The first-order chi connectivity index (χ1) is 9.45. The average molecular weight is 316 g/mol. The molecule has 0 aromatic carbocycles. The van der Waals surface area contributed by atoms with Crippen LogP contribution in [0.5, 0.6) is 0 Å². The quantitative estimate of drug-likeness (QED) is 0.848. The Labute approximate surface area is 126 Å². The Balaban J connectivity index is 2.07. The number of rotatable bonds is 6.